The topological polar surface area (TPSA) is 32.3 Å². The third-order valence-corrected chi connectivity index (χ3v) is 3.94. The average Bonchev–Trinajstić information content (AvgIpc) is 2.39. The summed E-state index contributed by atoms with van der Waals surface area (Å²) in [5, 5.41) is 2.97. The van der Waals surface area contributed by atoms with Crippen molar-refractivity contribution in [3.63, 3.8) is 0 Å². The number of rotatable bonds is 2. The largest absolute Gasteiger partial charge is 0.369 e. The van der Waals surface area contributed by atoms with Gasteiger partial charge in [-0.25, -0.2) is 0 Å². The molecule has 0 radical (unpaired) electrons. The van der Waals surface area contributed by atoms with Crippen LogP contribution in [0.25, 0.3) is 0 Å². The molecule has 1 aromatic rings. The highest BCUT2D eigenvalue weighted by atomic mass is 16.2. The van der Waals surface area contributed by atoms with Gasteiger partial charge in [-0.2, -0.15) is 0 Å². The normalized spacial score (nSPS) is 19.8. The van der Waals surface area contributed by atoms with Crippen molar-refractivity contribution in [1.29, 1.82) is 0 Å². The summed E-state index contributed by atoms with van der Waals surface area (Å²) < 4.78 is 0. The molecule has 1 fully saturated rings. The van der Waals surface area contributed by atoms with Crippen LogP contribution in [0.5, 0.6) is 0 Å². The molecule has 1 N–H and O–H groups in total. The molecule has 0 bridgehead atoms. The molecule has 0 aromatic heterocycles. The lowest BCUT2D eigenvalue weighted by Crippen LogP contribution is -2.37. The zero-order valence-electron chi connectivity index (χ0n) is 13.1. The minimum atomic E-state index is -0.361. The fourth-order valence-electron chi connectivity index (χ4n) is 2.54. The first-order valence-corrected chi connectivity index (χ1v) is 7.56. The number of piperidine rings is 1. The second-order valence-corrected chi connectivity index (χ2v) is 6.79. The van der Waals surface area contributed by atoms with Gasteiger partial charge in [0.25, 0.3) is 0 Å². The van der Waals surface area contributed by atoms with Gasteiger partial charge in [-0.05, 0) is 50.5 Å². The second-order valence-electron chi connectivity index (χ2n) is 6.79. The van der Waals surface area contributed by atoms with Crippen molar-refractivity contribution in [2.45, 2.75) is 53.0 Å². The number of benzene rings is 1. The lowest BCUT2D eigenvalue weighted by atomic mass is 9.95. The Morgan fingerprint density at radius 1 is 1.20 bits per heavy atom. The number of hydrogen-bond acceptors (Lipinski definition) is 2. The van der Waals surface area contributed by atoms with E-state index >= 15 is 0 Å². The Balaban J connectivity index is 2.04. The second kappa shape index (κ2) is 5.86. The fraction of sp³-hybridized carbons (Fsp3) is 0.588. The number of anilines is 2. The molecule has 0 unspecified atom stereocenters. The first kappa shape index (κ1) is 14.9. The van der Waals surface area contributed by atoms with E-state index < -0.39 is 0 Å². The van der Waals surface area contributed by atoms with E-state index in [1.807, 2.05) is 32.9 Å². The van der Waals surface area contributed by atoms with Gasteiger partial charge in [0.2, 0.25) is 5.91 Å². The van der Waals surface area contributed by atoms with Crippen LogP contribution in [0, 0.1) is 5.41 Å². The summed E-state index contributed by atoms with van der Waals surface area (Å²) in [6.45, 7) is 9.19. The predicted octanol–water partition coefficient (Wildman–Crippen LogP) is 4.05. The van der Waals surface area contributed by atoms with Crippen molar-refractivity contribution < 1.29 is 4.79 Å². The molecule has 110 valence electrons. The van der Waals surface area contributed by atoms with Gasteiger partial charge in [0, 0.05) is 29.4 Å². The maximum absolute atomic E-state index is 12.0. The fourth-order valence-corrected chi connectivity index (χ4v) is 2.54. The van der Waals surface area contributed by atoms with Gasteiger partial charge in [0.1, 0.15) is 0 Å². The van der Waals surface area contributed by atoms with E-state index in [1.54, 1.807) is 0 Å². The van der Waals surface area contributed by atoms with E-state index in [9.17, 15) is 4.79 Å². The molecule has 3 heteroatoms. The molecular weight excluding hydrogens is 248 g/mol. The number of hydrogen-bond donors (Lipinski definition) is 1. The number of nitrogens with zero attached hydrogens (tertiary/aromatic N) is 1. The number of amides is 1. The summed E-state index contributed by atoms with van der Waals surface area (Å²) in [6, 6.07) is 8.83. The highest BCUT2D eigenvalue weighted by Crippen LogP contribution is 2.26. The molecule has 2 rings (SSSR count). The Labute approximate surface area is 122 Å². The lowest BCUT2D eigenvalue weighted by molar-refractivity contribution is -0.123. The molecule has 1 atom stereocenters. The summed E-state index contributed by atoms with van der Waals surface area (Å²) in [4.78, 5) is 14.4. The molecule has 1 aliphatic rings. The number of nitrogens with one attached hydrogen (secondary N) is 1. The van der Waals surface area contributed by atoms with Crippen LogP contribution < -0.4 is 10.2 Å². The molecule has 1 aromatic carbocycles. The Hall–Kier alpha value is -1.51. The zero-order chi connectivity index (χ0) is 14.8. The first-order chi connectivity index (χ1) is 9.38. The SMILES string of the molecule is C[C@H]1CCCCN1c1ccc(NC(=O)C(C)(C)C)cc1. The van der Waals surface area contributed by atoms with Crippen LogP contribution >= 0.6 is 0 Å². The van der Waals surface area contributed by atoms with Gasteiger partial charge in [0.05, 0.1) is 0 Å². The number of carbonyl (C=O) groups is 1. The monoisotopic (exact) mass is 274 g/mol. The van der Waals surface area contributed by atoms with Gasteiger partial charge in [-0.3, -0.25) is 4.79 Å². The molecule has 0 aliphatic carbocycles. The molecule has 1 amide bonds. The van der Waals surface area contributed by atoms with Crippen LogP contribution in [-0.2, 0) is 4.79 Å². The van der Waals surface area contributed by atoms with Crippen molar-refractivity contribution in [2.75, 3.05) is 16.8 Å². The van der Waals surface area contributed by atoms with Crippen molar-refractivity contribution in [3.8, 4) is 0 Å². The van der Waals surface area contributed by atoms with E-state index in [2.05, 4.69) is 29.3 Å². The summed E-state index contributed by atoms with van der Waals surface area (Å²) >= 11 is 0. The van der Waals surface area contributed by atoms with Crippen LogP contribution in [0.2, 0.25) is 0 Å². The van der Waals surface area contributed by atoms with Gasteiger partial charge in [0.15, 0.2) is 0 Å². The van der Waals surface area contributed by atoms with E-state index in [1.165, 1.54) is 24.9 Å². The van der Waals surface area contributed by atoms with Crippen molar-refractivity contribution >= 4 is 17.3 Å². The van der Waals surface area contributed by atoms with Gasteiger partial charge >= 0.3 is 0 Å². The van der Waals surface area contributed by atoms with Gasteiger partial charge in [-0.1, -0.05) is 20.8 Å². The smallest absolute Gasteiger partial charge is 0.229 e. The zero-order valence-corrected chi connectivity index (χ0v) is 13.1. The maximum atomic E-state index is 12.0. The predicted molar refractivity (Wildman–Crippen MR) is 85.2 cm³/mol. The van der Waals surface area contributed by atoms with Crippen LogP contribution in [-0.4, -0.2) is 18.5 Å². The molecule has 0 saturated carbocycles. The van der Waals surface area contributed by atoms with Crippen molar-refractivity contribution in [2.24, 2.45) is 5.41 Å². The molecule has 1 aliphatic heterocycles. The summed E-state index contributed by atoms with van der Waals surface area (Å²) in [6.07, 6.45) is 3.87. The van der Waals surface area contributed by atoms with Gasteiger partial charge < -0.3 is 10.2 Å². The summed E-state index contributed by atoms with van der Waals surface area (Å²) in [5.74, 6) is 0.0524. The maximum Gasteiger partial charge on any atom is 0.229 e. The summed E-state index contributed by atoms with van der Waals surface area (Å²) in [5.41, 5.74) is 1.77. The third kappa shape index (κ3) is 3.53. The Morgan fingerprint density at radius 2 is 1.85 bits per heavy atom. The van der Waals surface area contributed by atoms with Crippen LogP contribution in [0.3, 0.4) is 0 Å². The van der Waals surface area contributed by atoms with Crippen molar-refractivity contribution in [1.82, 2.24) is 0 Å². The van der Waals surface area contributed by atoms with E-state index in [0.717, 1.165) is 12.2 Å². The van der Waals surface area contributed by atoms with Crippen LogP contribution in [0.4, 0.5) is 11.4 Å². The highest BCUT2D eigenvalue weighted by molar-refractivity contribution is 5.94. The Morgan fingerprint density at radius 3 is 2.40 bits per heavy atom. The standard InChI is InChI=1S/C17H26N2O/c1-13-7-5-6-12-19(13)15-10-8-14(9-11-15)18-16(20)17(2,3)4/h8-11,13H,5-7,12H2,1-4H3,(H,18,20)/t13-/m0/s1. The molecular formula is C17H26N2O. The molecule has 1 heterocycles. The van der Waals surface area contributed by atoms with Crippen molar-refractivity contribution in [3.05, 3.63) is 24.3 Å². The van der Waals surface area contributed by atoms with E-state index in [4.69, 9.17) is 0 Å². The Kier molecular flexibility index (Phi) is 4.36. The van der Waals surface area contributed by atoms with E-state index in [-0.39, 0.29) is 11.3 Å². The van der Waals surface area contributed by atoms with E-state index in [0.29, 0.717) is 6.04 Å². The highest BCUT2D eigenvalue weighted by Gasteiger charge is 2.21. The number of carbonyl (C=O) groups excluding carboxylic acids is 1. The average molecular weight is 274 g/mol. The molecule has 20 heavy (non-hydrogen) atoms. The van der Waals surface area contributed by atoms with Crippen LogP contribution in [0.1, 0.15) is 47.0 Å². The minimum absolute atomic E-state index is 0.0524. The quantitative estimate of drug-likeness (QED) is 0.882. The molecule has 1 saturated heterocycles. The third-order valence-electron chi connectivity index (χ3n) is 3.94. The van der Waals surface area contributed by atoms with Crippen LogP contribution in [0.15, 0.2) is 24.3 Å². The Bertz CT molecular complexity index is 459. The minimum Gasteiger partial charge on any atom is -0.369 e. The van der Waals surface area contributed by atoms with Gasteiger partial charge in [-0.15, -0.1) is 0 Å². The summed E-state index contributed by atoms with van der Waals surface area (Å²) in [7, 11) is 0. The molecule has 0 spiro atoms. The first-order valence-electron chi connectivity index (χ1n) is 7.56. The molecule has 3 nitrogen and oxygen atoms in total. The lowest BCUT2D eigenvalue weighted by Gasteiger charge is -2.35.